The number of aliphatic carboxylic acids is 6. The van der Waals surface area contributed by atoms with E-state index >= 15 is 0 Å². The molecule has 0 aromatic rings. The lowest BCUT2D eigenvalue weighted by Gasteiger charge is -2.29. The van der Waals surface area contributed by atoms with Crippen LogP contribution in [-0.2, 0) is 110 Å². The number of unbranched alkanes of at least 4 members (excludes halogenated alkanes) is 3. The molecule has 0 unspecified atom stereocenters. The van der Waals surface area contributed by atoms with Crippen LogP contribution in [0.2, 0.25) is 0 Å². The van der Waals surface area contributed by atoms with Crippen molar-refractivity contribution in [1.82, 2.24) is 90.4 Å². The van der Waals surface area contributed by atoms with E-state index in [1.54, 1.807) is 34.0 Å². The van der Waals surface area contributed by atoms with E-state index in [1.807, 2.05) is 5.32 Å². The highest BCUT2D eigenvalue weighted by Gasteiger charge is 2.42. The van der Waals surface area contributed by atoms with Crippen molar-refractivity contribution in [2.45, 2.75) is 312 Å². The lowest BCUT2D eigenvalue weighted by Crippen LogP contribution is -2.62. The minimum atomic E-state index is -2.17. The van der Waals surface area contributed by atoms with E-state index in [4.69, 9.17) is 44.9 Å². The number of carboxylic acids is 6. The highest BCUT2D eigenvalue weighted by Crippen LogP contribution is 2.17. The number of rotatable bonds is 74. The molecule has 37 N–H and O–H groups in total. The monoisotopic (exact) mass is 2020 g/mol. The number of primary amides is 1. The third-order valence-corrected chi connectivity index (χ3v) is 22.2. The second kappa shape index (κ2) is 67.8. The van der Waals surface area contributed by atoms with E-state index in [0.717, 1.165) is 25.6 Å². The van der Waals surface area contributed by atoms with E-state index in [9.17, 15) is 141 Å². The Morgan fingerprint density at radius 2 is 0.662 bits per heavy atom. The third kappa shape index (κ3) is 51.7. The topological polar surface area (TPSA) is 919 Å². The van der Waals surface area contributed by atoms with Gasteiger partial charge < -0.3 is 161 Å². The van der Waals surface area contributed by atoms with Gasteiger partial charge in [0.15, 0.2) is 5.96 Å². The van der Waals surface area contributed by atoms with Gasteiger partial charge >= 0.3 is 35.8 Å². The van der Waals surface area contributed by atoms with Gasteiger partial charge in [-0.25, -0.2) is 4.79 Å². The maximum Gasteiger partial charge on any atom is 0.326 e. The van der Waals surface area contributed by atoms with E-state index in [2.05, 4.69) is 97.7 Å². The van der Waals surface area contributed by atoms with Crippen molar-refractivity contribution in [3.8, 4) is 0 Å². The first-order valence-electron chi connectivity index (χ1n) is 45.3. The number of carboxylic acid groups (broad SMARTS) is 6. The molecule has 788 valence electrons. The molecule has 0 fully saturated rings. The second-order valence-electron chi connectivity index (χ2n) is 33.8. The van der Waals surface area contributed by atoms with E-state index in [1.165, 1.54) is 13.8 Å². The Hall–Kier alpha value is -12.4. The summed E-state index contributed by atoms with van der Waals surface area (Å²) < 4.78 is 0. The molecule has 0 spiro atoms. The van der Waals surface area contributed by atoms with Gasteiger partial charge in [-0.15, -0.1) is 0 Å². The SMILES string of the molecule is CC[C@H](C)[C@H](NC(=O)[C@@H](N)CCCNC(=N)N)C(=O)N[C@@H](CC(C)C)C(=O)N[C@@H](CCCCN)C(=O)N[C@@H](CC(N)=O)C(=O)N[C@@H](CS)C(=O)N[C@H](C(=O)N[C@@H](CC(=O)O)C(=O)N[C@@H](C)C(=O)N[C@@H](CCCCN)C(=O)N[C@@H](CCSC)C(=O)N[C@H](C(=O)N[C@@H](CCC(=O)O)C(=O)N[C@@H](CCC(=O)O)C(=O)N[C@@H](CC(=O)O)C(=O)N[C@@H](CCCCN)C(=O)N[C@@H](CCC(=O)O)C(=O)O)[C@@H](C)O)C(C)C. The number of thioether (sulfide) groups is 1. The standard InChI is InChI=1S/C83H144N24O30S2/c1-10-41(6)64(106-67(121)44(87)18-17-32-91-83(89)90)80(134)102-52(34-39(2)3)75(129)94-47(21-13-16-31-86)70(124)100-53(35-57(88)109)76(130)104-56(38-138)78(132)105-63(40(4)5)79(133)103-54(36-61(116)117)74(128)92-42(7)66(120)93-45(19-11-14-29-84)68(122)97-50(28-33-139-9)73(127)107-65(43(8)108)81(135)98-49(23-26-59(112)113)71(125)96-48(22-25-58(110)111)72(126)101-55(37-62(118)119)77(131)95-46(20-12-15-30-85)69(123)99-51(82(136)137)24-27-60(114)115/h39-56,63-65,108,138H,10-38,84-87H2,1-9H3,(H2,88,109)(H,92,128)(H,93,120)(H,94,129)(H,95,131)(H,96,125)(H,97,122)(H,98,135)(H,99,123)(H,100,124)(H,101,126)(H,102,134)(H,103,133)(H,104,130)(H,105,132)(H,106,121)(H,107,127)(H,110,111)(H,112,113)(H,114,115)(H,116,117)(H,118,119)(H,136,137)(H4,89,90,91)/t41-,42-,43+,44-,45-,46-,47-,48-,49-,50-,51-,52-,53-,54-,55-,56-,63-,64-,65-/m0/s1. The predicted molar refractivity (Wildman–Crippen MR) is 501 cm³/mol. The summed E-state index contributed by atoms with van der Waals surface area (Å²) in [6.07, 6.45) is -7.35. The highest BCUT2D eigenvalue weighted by molar-refractivity contribution is 7.98. The van der Waals surface area contributed by atoms with Gasteiger partial charge in [-0.2, -0.15) is 24.4 Å². The number of nitrogens with two attached hydrogens (primary N) is 6. The highest BCUT2D eigenvalue weighted by atomic mass is 32.2. The number of aliphatic hydroxyl groups is 1. The van der Waals surface area contributed by atoms with Crippen LogP contribution >= 0.6 is 24.4 Å². The minimum absolute atomic E-state index is 0.00923. The number of hydrogen-bond acceptors (Lipinski definition) is 31. The fraction of sp³-hybridized carbons (Fsp3) is 0.711. The Labute approximate surface area is 812 Å². The largest absolute Gasteiger partial charge is 0.481 e. The van der Waals surface area contributed by atoms with Crippen LogP contribution in [0.3, 0.4) is 0 Å². The van der Waals surface area contributed by atoms with Crippen molar-refractivity contribution in [2.24, 2.45) is 52.2 Å². The molecule has 0 aromatic heterocycles. The van der Waals surface area contributed by atoms with Gasteiger partial charge in [-0.05, 0) is 166 Å². The van der Waals surface area contributed by atoms with Crippen molar-refractivity contribution < 1.29 is 146 Å². The summed E-state index contributed by atoms with van der Waals surface area (Å²) in [4.78, 5) is 309. The van der Waals surface area contributed by atoms with Crippen LogP contribution < -0.4 is 125 Å². The summed E-state index contributed by atoms with van der Waals surface area (Å²) in [6.45, 7) is 12.4. The molecule has 19 atom stereocenters. The molecule has 0 rings (SSSR count). The zero-order chi connectivity index (χ0) is 106. The van der Waals surface area contributed by atoms with Gasteiger partial charge in [0.2, 0.25) is 100 Å². The average molecular weight is 2020 g/mol. The number of thiol groups is 1. The Morgan fingerprint density at radius 3 is 1.04 bits per heavy atom. The number of nitrogens with one attached hydrogen (secondary N) is 18. The first-order chi connectivity index (χ1) is 65.1. The number of amides is 17. The van der Waals surface area contributed by atoms with Crippen LogP contribution in [0.25, 0.3) is 0 Å². The third-order valence-electron chi connectivity index (χ3n) is 21.2. The minimum Gasteiger partial charge on any atom is -0.481 e. The van der Waals surface area contributed by atoms with Crippen molar-refractivity contribution in [1.29, 1.82) is 5.41 Å². The van der Waals surface area contributed by atoms with Crippen molar-refractivity contribution in [2.75, 3.05) is 43.9 Å². The summed E-state index contributed by atoms with van der Waals surface area (Å²) >= 11 is 5.36. The normalized spacial score (nSPS) is 15.2. The van der Waals surface area contributed by atoms with Crippen LogP contribution in [0.15, 0.2) is 0 Å². The van der Waals surface area contributed by atoms with Gasteiger partial charge in [0.05, 0.1) is 31.4 Å². The van der Waals surface area contributed by atoms with Crippen molar-refractivity contribution in [3.63, 3.8) is 0 Å². The molecule has 0 aromatic carbocycles. The Morgan fingerprint density at radius 1 is 0.345 bits per heavy atom. The smallest absolute Gasteiger partial charge is 0.326 e. The van der Waals surface area contributed by atoms with Crippen LogP contribution in [0.5, 0.6) is 0 Å². The van der Waals surface area contributed by atoms with Crippen LogP contribution in [0.4, 0.5) is 0 Å². The van der Waals surface area contributed by atoms with Gasteiger partial charge in [0.1, 0.15) is 96.7 Å². The van der Waals surface area contributed by atoms with Crippen LogP contribution in [-0.4, -0.2) is 331 Å². The molecule has 0 heterocycles. The summed E-state index contributed by atoms with van der Waals surface area (Å²) in [7, 11) is 0. The van der Waals surface area contributed by atoms with E-state index < -0.39 is 320 Å². The van der Waals surface area contributed by atoms with E-state index in [-0.39, 0.29) is 114 Å². The summed E-state index contributed by atoms with van der Waals surface area (Å²) in [5.41, 5.74) is 34.1. The molecule has 17 amide bonds. The van der Waals surface area contributed by atoms with Crippen molar-refractivity contribution in [3.05, 3.63) is 0 Å². The Balaban J connectivity index is 7.07. The van der Waals surface area contributed by atoms with Crippen LogP contribution in [0.1, 0.15) is 203 Å². The summed E-state index contributed by atoms with van der Waals surface area (Å²) in [6, 6.07) is -29.3. The van der Waals surface area contributed by atoms with Gasteiger partial charge in [-0.1, -0.05) is 48.0 Å². The van der Waals surface area contributed by atoms with Crippen molar-refractivity contribution >= 4 is 167 Å². The maximum absolute atomic E-state index is 14.4. The van der Waals surface area contributed by atoms with Gasteiger partial charge in [-0.3, -0.25) is 111 Å². The Kier molecular flexibility index (Phi) is 61.7. The molecular weight excluding hydrogens is 1880 g/mol. The molecule has 54 nitrogen and oxygen atoms in total. The number of hydrogen-bond donors (Lipinski definition) is 32. The number of guanidine groups is 1. The predicted octanol–water partition coefficient (Wildman–Crippen LogP) is -8.94. The Bertz CT molecular complexity index is 4160. The maximum atomic E-state index is 14.4. The molecule has 0 saturated heterocycles. The first-order valence-corrected chi connectivity index (χ1v) is 47.3. The zero-order valence-electron chi connectivity index (χ0n) is 79.5. The van der Waals surface area contributed by atoms with Crippen LogP contribution in [0, 0.1) is 23.2 Å². The molecule has 0 aliphatic rings. The quantitative estimate of drug-likeness (QED) is 0.0116. The first kappa shape index (κ1) is 127. The second-order valence-corrected chi connectivity index (χ2v) is 35.2. The van der Waals surface area contributed by atoms with Gasteiger partial charge in [0.25, 0.3) is 0 Å². The lowest BCUT2D eigenvalue weighted by molar-refractivity contribution is -0.144. The fourth-order valence-corrected chi connectivity index (χ4v) is 13.9. The lowest BCUT2D eigenvalue weighted by atomic mass is 9.96. The zero-order valence-corrected chi connectivity index (χ0v) is 81.2. The number of carbonyl (C=O) groups excluding carboxylic acids is 17. The summed E-state index contributed by atoms with van der Waals surface area (Å²) in [5, 5.41) is 116. The number of carbonyl (C=O) groups is 23. The molecule has 0 aliphatic heterocycles. The molecule has 139 heavy (non-hydrogen) atoms. The van der Waals surface area contributed by atoms with Gasteiger partial charge in [0, 0.05) is 31.6 Å². The average Bonchev–Trinajstić information content (AvgIpc) is 0.844. The molecular formula is C83H144N24O30S2. The number of aliphatic hydroxyl groups excluding tert-OH is 1. The molecule has 0 bridgehead atoms. The molecule has 0 aliphatic carbocycles. The summed E-state index contributed by atoms with van der Waals surface area (Å²) in [5.74, 6) is -31.8. The molecule has 0 saturated carbocycles. The molecule has 56 heteroatoms. The molecule has 0 radical (unpaired) electrons. The fourth-order valence-electron chi connectivity index (χ4n) is 13.2. The van der Waals surface area contributed by atoms with E-state index in [0.29, 0.717) is 19.3 Å².